The van der Waals surface area contributed by atoms with E-state index in [4.69, 9.17) is 11.6 Å². The van der Waals surface area contributed by atoms with Gasteiger partial charge in [0, 0.05) is 10.6 Å². The number of nitrogens with zero attached hydrogens (tertiary/aromatic N) is 2. The molecular weight excluding hydrogens is 265 g/mol. The Hall–Kier alpha value is -1.52. The highest BCUT2D eigenvalue weighted by Crippen LogP contribution is 2.27. The molecule has 0 aliphatic rings. The van der Waals surface area contributed by atoms with E-state index in [0.29, 0.717) is 10.6 Å². The Labute approximate surface area is 116 Å². The molecule has 0 fully saturated rings. The van der Waals surface area contributed by atoms with Crippen molar-refractivity contribution in [3.05, 3.63) is 57.6 Å². The summed E-state index contributed by atoms with van der Waals surface area (Å²) in [7, 11) is 1.79. The Morgan fingerprint density at radius 3 is 2.53 bits per heavy atom. The third-order valence-electron chi connectivity index (χ3n) is 3.01. The summed E-state index contributed by atoms with van der Waals surface area (Å²) in [5.74, 6) is -0.333. The summed E-state index contributed by atoms with van der Waals surface area (Å²) in [5, 5.41) is 11.6. The summed E-state index contributed by atoms with van der Waals surface area (Å²) < 4.78 is 14.0. The van der Waals surface area contributed by atoms with Gasteiger partial charge in [0.15, 0.2) is 0 Å². The van der Waals surface area contributed by atoms with Crippen molar-refractivity contribution >= 4 is 11.6 Å². The minimum Gasteiger partial charge on any atom is -0.309 e. The van der Waals surface area contributed by atoms with Crippen molar-refractivity contribution in [2.45, 2.75) is 19.9 Å². The van der Waals surface area contributed by atoms with Gasteiger partial charge in [-0.1, -0.05) is 17.7 Å². The lowest BCUT2D eigenvalue weighted by atomic mass is 9.97. The number of aromatic nitrogens is 2. The highest BCUT2D eigenvalue weighted by atomic mass is 35.5. The lowest BCUT2D eigenvalue weighted by Gasteiger charge is -2.19. The van der Waals surface area contributed by atoms with Crippen LogP contribution in [0.4, 0.5) is 4.39 Å². The predicted octanol–water partition coefficient (Wildman–Crippen LogP) is 3.19. The van der Waals surface area contributed by atoms with E-state index in [2.05, 4.69) is 15.5 Å². The standard InChI is InChI=1S/C14H15ClFN3/c1-8-6-12(9(2)19-18-8)14(17-3)11-5-4-10(15)7-13(11)16/h4-7,14,17H,1-3H3. The van der Waals surface area contributed by atoms with Gasteiger partial charge in [-0.25, -0.2) is 4.39 Å². The fourth-order valence-corrected chi connectivity index (χ4v) is 2.24. The van der Waals surface area contributed by atoms with Gasteiger partial charge in [0.25, 0.3) is 0 Å². The molecule has 1 N–H and O–H groups in total. The van der Waals surface area contributed by atoms with Crippen LogP contribution in [-0.2, 0) is 0 Å². The molecule has 1 heterocycles. The number of aryl methyl sites for hydroxylation is 2. The minimum atomic E-state index is -0.333. The second-order valence-electron chi connectivity index (χ2n) is 4.41. The lowest BCUT2D eigenvalue weighted by Crippen LogP contribution is -2.21. The van der Waals surface area contributed by atoms with Gasteiger partial charge in [0.05, 0.1) is 17.4 Å². The van der Waals surface area contributed by atoms with Crippen molar-refractivity contribution in [2.75, 3.05) is 7.05 Å². The molecule has 2 aromatic rings. The number of hydrogen-bond donors (Lipinski definition) is 1. The summed E-state index contributed by atoms with van der Waals surface area (Å²) >= 11 is 5.78. The Morgan fingerprint density at radius 1 is 1.16 bits per heavy atom. The quantitative estimate of drug-likeness (QED) is 0.938. The molecule has 5 heteroatoms. The summed E-state index contributed by atoms with van der Waals surface area (Å²) in [6.07, 6.45) is 0. The zero-order valence-corrected chi connectivity index (χ0v) is 11.8. The summed E-state index contributed by atoms with van der Waals surface area (Å²) in [6.45, 7) is 3.72. The van der Waals surface area contributed by atoms with Crippen LogP contribution >= 0.6 is 11.6 Å². The third kappa shape index (κ3) is 2.91. The number of nitrogens with one attached hydrogen (secondary N) is 1. The van der Waals surface area contributed by atoms with Crippen molar-refractivity contribution in [1.82, 2.24) is 15.5 Å². The van der Waals surface area contributed by atoms with Gasteiger partial charge in [0.1, 0.15) is 5.82 Å². The number of hydrogen-bond acceptors (Lipinski definition) is 3. The van der Waals surface area contributed by atoms with Crippen LogP contribution in [0, 0.1) is 19.7 Å². The summed E-state index contributed by atoms with van der Waals surface area (Å²) in [5.41, 5.74) is 3.04. The van der Waals surface area contributed by atoms with Crippen LogP contribution < -0.4 is 5.32 Å². The molecule has 3 nitrogen and oxygen atoms in total. The van der Waals surface area contributed by atoms with Gasteiger partial charge in [0.2, 0.25) is 0 Å². The van der Waals surface area contributed by atoms with Crippen molar-refractivity contribution in [3.8, 4) is 0 Å². The van der Waals surface area contributed by atoms with Crippen LogP contribution in [0.2, 0.25) is 5.02 Å². The van der Waals surface area contributed by atoms with E-state index in [9.17, 15) is 4.39 Å². The first-order valence-electron chi connectivity index (χ1n) is 5.96. The Kier molecular flexibility index (Phi) is 4.12. The summed E-state index contributed by atoms with van der Waals surface area (Å²) in [6, 6.07) is 6.33. The molecule has 0 saturated carbocycles. The van der Waals surface area contributed by atoms with E-state index in [0.717, 1.165) is 17.0 Å². The zero-order chi connectivity index (χ0) is 14.0. The second-order valence-corrected chi connectivity index (χ2v) is 4.85. The molecule has 0 aliphatic carbocycles. The van der Waals surface area contributed by atoms with Gasteiger partial charge >= 0.3 is 0 Å². The SMILES string of the molecule is CNC(c1ccc(Cl)cc1F)c1cc(C)nnc1C. The molecule has 1 unspecified atom stereocenters. The fraction of sp³-hybridized carbons (Fsp3) is 0.286. The highest BCUT2D eigenvalue weighted by molar-refractivity contribution is 6.30. The van der Waals surface area contributed by atoms with E-state index in [-0.39, 0.29) is 11.9 Å². The average Bonchev–Trinajstić information content (AvgIpc) is 2.36. The minimum absolute atomic E-state index is 0.272. The predicted molar refractivity (Wildman–Crippen MR) is 73.8 cm³/mol. The topological polar surface area (TPSA) is 37.8 Å². The average molecular weight is 280 g/mol. The first kappa shape index (κ1) is 13.9. The van der Waals surface area contributed by atoms with Gasteiger partial charge in [-0.05, 0) is 44.7 Å². The van der Waals surface area contributed by atoms with Crippen molar-refractivity contribution < 1.29 is 4.39 Å². The van der Waals surface area contributed by atoms with Gasteiger partial charge < -0.3 is 5.32 Å². The zero-order valence-electron chi connectivity index (χ0n) is 11.0. The first-order chi connectivity index (χ1) is 9.02. The fourth-order valence-electron chi connectivity index (χ4n) is 2.08. The number of rotatable bonds is 3. The Morgan fingerprint density at radius 2 is 1.89 bits per heavy atom. The van der Waals surface area contributed by atoms with E-state index < -0.39 is 0 Å². The highest BCUT2D eigenvalue weighted by Gasteiger charge is 2.19. The molecule has 0 spiro atoms. The maximum atomic E-state index is 14.0. The second kappa shape index (κ2) is 5.63. The largest absolute Gasteiger partial charge is 0.309 e. The van der Waals surface area contributed by atoms with Crippen molar-refractivity contribution in [3.63, 3.8) is 0 Å². The molecule has 0 amide bonds. The molecule has 0 bridgehead atoms. The molecule has 0 saturated heterocycles. The molecule has 2 rings (SSSR count). The van der Waals surface area contributed by atoms with Crippen LogP contribution in [0.1, 0.15) is 28.6 Å². The number of halogens is 2. The molecule has 100 valence electrons. The third-order valence-corrected chi connectivity index (χ3v) is 3.25. The van der Waals surface area contributed by atoms with E-state index in [1.165, 1.54) is 6.07 Å². The molecule has 1 aromatic heterocycles. The van der Waals surface area contributed by atoms with Crippen molar-refractivity contribution in [2.24, 2.45) is 0 Å². The summed E-state index contributed by atoms with van der Waals surface area (Å²) in [4.78, 5) is 0. The van der Waals surface area contributed by atoms with Gasteiger partial charge in [-0.15, -0.1) is 0 Å². The molecule has 19 heavy (non-hydrogen) atoms. The maximum Gasteiger partial charge on any atom is 0.129 e. The maximum absolute atomic E-state index is 14.0. The lowest BCUT2D eigenvalue weighted by molar-refractivity contribution is 0.573. The van der Waals surface area contributed by atoms with Crippen LogP contribution in [0.3, 0.4) is 0 Å². The smallest absolute Gasteiger partial charge is 0.129 e. The number of benzene rings is 1. The Balaban J connectivity index is 2.52. The van der Waals surface area contributed by atoms with Gasteiger partial charge in [-0.2, -0.15) is 10.2 Å². The Bertz CT molecular complexity index is 601. The molecule has 1 atom stereocenters. The van der Waals surface area contributed by atoms with Crippen LogP contribution in [-0.4, -0.2) is 17.2 Å². The molecule has 0 radical (unpaired) electrons. The van der Waals surface area contributed by atoms with Crippen molar-refractivity contribution in [1.29, 1.82) is 0 Å². The van der Waals surface area contributed by atoms with Crippen LogP contribution in [0.25, 0.3) is 0 Å². The molecular formula is C14H15ClFN3. The van der Waals surface area contributed by atoms with E-state index >= 15 is 0 Å². The molecule has 1 aromatic carbocycles. The normalized spacial score (nSPS) is 12.5. The monoisotopic (exact) mass is 279 g/mol. The van der Waals surface area contributed by atoms with Gasteiger partial charge in [-0.3, -0.25) is 0 Å². The van der Waals surface area contributed by atoms with E-state index in [1.54, 1.807) is 19.2 Å². The molecule has 0 aliphatic heterocycles. The first-order valence-corrected chi connectivity index (χ1v) is 6.33. The van der Waals surface area contributed by atoms with E-state index in [1.807, 2.05) is 19.9 Å². The van der Waals surface area contributed by atoms with Crippen LogP contribution in [0.5, 0.6) is 0 Å². The van der Waals surface area contributed by atoms with Crippen LogP contribution in [0.15, 0.2) is 24.3 Å².